The van der Waals surface area contributed by atoms with Crippen LogP contribution in [0.25, 0.3) is 11.0 Å². The van der Waals surface area contributed by atoms with Gasteiger partial charge in [0.15, 0.2) is 6.29 Å². The molecule has 1 aromatic carbocycles. The van der Waals surface area contributed by atoms with Gasteiger partial charge in [0.05, 0.1) is 6.61 Å². The third-order valence-electron chi connectivity index (χ3n) is 4.09. The molecule has 0 aliphatic carbocycles. The molecule has 2 heterocycles. The van der Waals surface area contributed by atoms with Crippen LogP contribution >= 0.6 is 0 Å². The number of benzene rings is 1. The molecule has 0 spiro atoms. The summed E-state index contributed by atoms with van der Waals surface area (Å²) in [5.74, 6) is 0.162. The Hall–Kier alpha value is -2.21. The van der Waals surface area contributed by atoms with Crippen molar-refractivity contribution in [3.8, 4) is 5.75 Å². The Morgan fingerprint density at radius 3 is 2.87 bits per heavy atom. The summed E-state index contributed by atoms with van der Waals surface area (Å²) in [4.78, 5) is 11.8. The lowest BCUT2D eigenvalue weighted by Crippen LogP contribution is -2.25. The molecule has 2 aromatic rings. The minimum Gasteiger partial charge on any atom is -0.465 e. The van der Waals surface area contributed by atoms with E-state index in [-0.39, 0.29) is 17.7 Å². The van der Waals surface area contributed by atoms with Crippen LogP contribution in [-0.4, -0.2) is 18.8 Å². The number of nitrogen functional groups attached to an aromatic ring is 1. The average Bonchev–Trinajstić information content (AvgIpc) is 2.87. The number of hydrogen-bond donors (Lipinski definition) is 2. The van der Waals surface area contributed by atoms with Crippen LogP contribution in [-0.2, 0) is 11.2 Å². The zero-order valence-corrected chi connectivity index (χ0v) is 13.3. The largest absolute Gasteiger partial charge is 0.465 e. The van der Waals surface area contributed by atoms with E-state index in [9.17, 15) is 4.79 Å². The number of carbonyl (C=O) groups is 1. The Balaban J connectivity index is 2.08. The fraction of sp³-hybridized carbons (Fsp3) is 0.471. The number of ether oxygens (including phenoxy) is 2. The van der Waals surface area contributed by atoms with Crippen LogP contribution in [0.4, 0.5) is 5.88 Å². The molecule has 1 fully saturated rings. The highest BCUT2D eigenvalue weighted by Gasteiger charge is 2.24. The molecule has 6 nitrogen and oxygen atoms in total. The van der Waals surface area contributed by atoms with Gasteiger partial charge in [0.1, 0.15) is 16.9 Å². The van der Waals surface area contributed by atoms with E-state index in [1.807, 2.05) is 6.07 Å². The smallest absolute Gasteiger partial charge is 0.254 e. The lowest BCUT2D eigenvalue weighted by Gasteiger charge is -2.24. The molecular formula is C17H22N2O4. The van der Waals surface area contributed by atoms with E-state index in [4.69, 9.17) is 25.4 Å². The highest BCUT2D eigenvalue weighted by Crippen LogP contribution is 2.37. The summed E-state index contributed by atoms with van der Waals surface area (Å²) in [5.41, 5.74) is 13.0. The van der Waals surface area contributed by atoms with Gasteiger partial charge in [-0.2, -0.15) is 0 Å². The highest BCUT2D eigenvalue weighted by molar-refractivity contribution is 6.11. The molecule has 1 aliphatic rings. The Morgan fingerprint density at radius 1 is 1.39 bits per heavy atom. The van der Waals surface area contributed by atoms with E-state index >= 15 is 0 Å². The van der Waals surface area contributed by atoms with Gasteiger partial charge in [-0.25, -0.2) is 0 Å². The van der Waals surface area contributed by atoms with E-state index in [2.05, 4.69) is 6.92 Å². The molecule has 1 aliphatic heterocycles. The van der Waals surface area contributed by atoms with Crippen LogP contribution in [0.1, 0.15) is 48.5 Å². The fourth-order valence-electron chi connectivity index (χ4n) is 3.06. The third kappa shape index (κ3) is 2.99. The Bertz CT molecular complexity index is 717. The normalized spacial score (nSPS) is 18.2. The van der Waals surface area contributed by atoms with Crippen molar-refractivity contribution in [1.29, 1.82) is 0 Å². The Labute approximate surface area is 134 Å². The molecule has 0 saturated carbocycles. The zero-order valence-electron chi connectivity index (χ0n) is 13.3. The van der Waals surface area contributed by atoms with Crippen LogP contribution in [0.5, 0.6) is 5.75 Å². The summed E-state index contributed by atoms with van der Waals surface area (Å²) >= 11 is 0. The first-order valence-corrected chi connectivity index (χ1v) is 8.03. The van der Waals surface area contributed by atoms with Gasteiger partial charge in [-0.05, 0) is 31.4 Å². The summed E-state index contributed by atoms with van der Waals surface area (Å²) in [6.45, 7) is 2.77. The first-order chi connectivity index (χ1) is 11.1. The van der Waals surface area contributed by atoms with Crippen LogP contribution in [0.15, 0.2) is 16.5 Å². The van der Waals surface area contributed by atoms with Gasteiger partial charge in [0.2, 0.25) is 5.88 Å². The van der Waals surface area contributed by atoms with E-state index in [1.54, 1.807) is 6.07 Å². The average molecular weight is 318 g/mol. The van der Waals surface area contributed by atoms with Gasteiger partial charge in [-0.1, -0.05) is 13.3 Å². The number of rotatable bonds is 5. The third-order valence-corrected chi connectivity index (χ3v) is 4.09. The van der Waals surface area contributed by atoms with Crippen LogP contribution in [0, 0.1) is 0 Å². The first kappa shape index (κ1) is 15.7. The predicted molar refractivity (Wildman–Crippen MR) is 87.4 cm³/mol. The number of furan rings is 1. The minimum absolute atomic E-state index is 0.0518. The zero-order chi connectivity index (χ0) is 16.4. The van der Waals surface area contributed by atoms with Gasteiger partial charge in [0.25, 0.3) is 5.91 Å². The molecule has 1 atom stereocenters. The van der Waals surface area contributed by atoms with Gasteiger partial charge in [-0.3, -0.25) is 4.79 Å². The fourth-order valence-corrected chi connectivity index (χ4v) is 3.06. The predicted octanol–water partition coefficient (Wildman–Crippen LogP) is 2.97. The second-order valence-electron chi connectivity index (χ2n) is 5.78. The van der Waals surface area contributed by atoms with E-state index in [0.717, 1.165) is 37.7 Å². The molecular weight excluding hydrogens is 296 g/mol. The maximum absolute atomic E-state index is 11.8. The maximum atomic E-state index is 11.8. The molecule has 0 radical (unpaired) electrons. The number of hydrogen-bond acceptors (Lipinski definition) is 5. The number of anilines is 1. The topological polar surface area (TPSA) is 101 Å². The van der Waals surface area contributed by atoms with Gasteiger partial charge < -0.3 is 25.4 Å². The molecule has 3 rings (SSSR count). The Kier molecular flexibility index (Phi) is 4.43. The summed E-state index contributed by atoms with van der Waals surface area (Å²) in [7, 11) is 0. The van der Waals surface area contributed by atoms with Gasteiger partial charge in [-0.15, -0.1) is 0 Å². The van der Waals surface area contributed by atoms with Crippen molar-refractivity contribution < 1.29 is 18.7 Å². The number of carbonyl (C=O) groups excluding carboxylic acids is 1. The molecule has 23 heavy (non-hydrogen) atoms. The summed E-state index contributed by atoms with van der Waals surface area (Å²) < 4.78 is 17.2. The molecule has 6 heteroatoms. The summed E-state index contributed by atoms with van der Waals surface area (Å²) in [6.07, 6.45) is 4.38. The summed E-state index contributed by atoms with van der Waals surface area (Å²) in [6, 6.07) is 3.61. The molecule has 1 amide bonds. The summed E-state index contributed by atoms with van der Waals surface area (Å²) in [5, 5.41) is 0.658. The maximum Gasteiger partial charge on any atom is 0.254 e. The van der Waals surface area contributed by atoms with Crippen LogP contribution in [0.3, 0.4) is 0 Å². The van der Waals surface area contributed by atoms with Crippen molar-refractivity contribution in [2.45, 2.75) is 45.3 Å². The lowest BCUT2D eigenvalue weighted by atomic mass is 10.0. The van der Waals surface area contributed by atoms with Crippen molar-refractivity contribution in [1.82, 2.24) is 0 Å². The molecule has 1 aromatic heterocycles. The molecule has 4 N–H and O–H groups in total. The standard InChI is InChI=1S/C17H22N2O4/c1-2-5-10-11(22-13-6-3-4-9-21-13)7-8-12-14(10)15(16(18)20)17(19)23-12/h7-8,13H,2-6,9,19H2,1H3,(H2,18,20). The molecule has 1 unspecified atom stereocenters. The van der Waals surface area contributed by atoms with Gasteiger partial charge >= 0.3 is 0 Å². The SMILES string of the molecule is CCCc1c(OC2CCCCO2)ccc2oc(N)c(C(N)=O)c12. The quantitative estimate of drug-likeness (QED) is 0.882. The lowest BCUT2D eigenvalue weighted by molar-refractivity contribution is -0.106. The van der Waals surface area contributed by atoms with Crippen LogP contribution in [0.2, 0.25) is 0 Å². The van der Waals surface area contributed by atoms with Crippen molar-refractivity contribution in [3.63, 3.8) is 0 Å². The second-order valence-corrected chi connectivity index (χ2v) is 5.78. The minimum atomic E-state index is -0.593. The van der Waals surface area contributed by atoms with Crippen molar-refractivity contribution in [2.24, 2.45) is 5.73 Å². The molecule has 124 valence electrons. The highest BCUT2D eigenvalue weighted by atomic mass is 16.7. The number of primary amides is 1. The van der Waals surface area contributed by atoms with E-state index in [1.165, 1.54) is 0 Å². The van der Waals surface area contributed by atoms with E-state index in [0.29, 0.717) is 23.3 Å². The van der Waals surface area contributed by atoms with Crippen molar-refractivity contribution >= 4 is 22.8 Å². The number of aryl methyl sites for hydroxylation is 1. The Morgan fingerprint density at radius 2 is 2.22 bits per heavy atom. The monoisotopic (exact) mass is 318 g/mol. The van der Waals surface area contributed by atoms with Crippen LogP contribution < -0.4 is 16.2 Å². The van der Waals surface area contributed by atoms with Crippen molar-refractivity contribution in [3.05, 3.63) is 23.3 Å². The second kappa shape index (κ2) is 6.50. The number of amides is 1. The molecule has 0 bridgehead atoms. The van der Waals surface area contributed by atoms with Gasteiger partial charge in [0, 0.05) is 17.4 Å². The first-order valence-electron chi connectivity index (χ1n) is 8.03. The number of fused-ring (bicyclic) bond motifs is 1. The van der Waals surface area contributed by atoms with E-state index < -0.39 is 5.91 Å². The number of nitrogens with two attached hydrogens (primary N) is 2. The van der Waals surface area contributed by atoms with Crippen molar-refractivity contribution in [2.75, 3.05) is 12.3 Å². The molecule has 1 saturated heterocycles.